The van der Waals surface area contributed by atoms with Crippen LogP contribution < -0.4 is 5.32 Å². The lowest BCUT2D eigenvalue weighted by Crippen LogP contribution is -2.32. The Labute approximate surface area is 125 Å². The van der Waals surface area contributed by atoms with Gasteiger partial charge in [0.2, 0.25) is 0 Å². The summed E-state index contributed by atoms with van der Waals surface area (Å²) in [7, 11) is 1.91. The van der Waals surface area contributed by atoms with Crippen molar-refractivity contribution in [3.05, 3.63) is 29.8 Å². The maximum absolute atomic E-state index is 4.74. The zero-order valence-corrected chi connectivity index (χ0v) is 13.0. The molecule has 0 fully saturated rings. The van der Waals surface area contributed by atoms with E-state index >= 15 is 0 Å². The quantitative estimate of drug-likeness (QED) is 0.933. The Bertz CT molecular complexity index is 617. The van der Waals surface area contributed by atoms with Crippen LogP contribution in [0.4, 0.5) is 0 Å². The van der Waals surface area contributed by atoms with Gasteiger partial charge < -0.3 is 5.32 Å². The summed E-state index contributed by atoms with van der Waals surface area (Å²) in [4.78, 5) is 9.26. The Hall–Kier alpha value is -1.75. The van der Waals surface area contributed by atoms with E-state index < -0.39 is 0 Å². The number of hydrogen-bond donors (Lipinski definition) is 1. The number of nitrogens with zero attached hydrogens (tertiary/aromatic N) is 4. The first-order valence-electron chi connectivity index (χ1n) is 7.69. The molecule has 21 heavy (non-hydrogen) atoms. The second kappa shape index (κ2) is 5.93. The molecule has 0 bridgehead atoms. The van der Waals surface area contributed by atoms with Gasteiger partial charge in [-0.15, -0.1) is 0 Å². The summed E-state index contributed by atoms with van der Waals surface area (Å²) >= 11 is 0. The van der Waals surface area contributed by atoms with Crippen molar-refractivity contribution in [3.8, 4) is 11.4 Å². The van der Waals surface area contributed by atoms with Crippen molar-refractivity contribution in [2.75, 3.05) is 6.54 Å². The van der Waals surface area contributed by atoms with E-state index in [1.807, 2.05) is 25.6 Å². The lowest BCUT2D eigenvalue weighted by atomic mass is 9.87. The van der Waals surface area contributed by atoms with Gasteiger partial charge in [-0.25, -0.2) is 9.97 Å². The van der Waals surface area contributed by atoms with E-state index in [4.69, 9.17) is 4.98 Å². The zero-order valence-electron chi connectivity index (χ0n) is 13.0. The van der Waals surface area contributed by atoms with Crippen molar-refractivity contribution in [1.29, 1.82) is 0 Å². The van der Waals surface area contributed by atoms with E-state index in [0.717, 1.165) is 30.8 Å². The van der Waals surface area contributed by atoms with E-state index in [1.54, 1.807) is 4.68 Å². The Morgan fingerprint density at radius 1 is 1.38 bits per heavy atom. The maximum Gasteiger partial charge on any atom is 0.162 e. The highest BCUT2D eigenvalue weighted by Crippen LogP contribution is 2.25. The van der Waals surface area contributed by atoms with Crippen molar-refractivity contribution in [3.63, 3.8) is 0 Å². The smallest absolute Gasteiger partial charge is 0.162 e. The molecule has 5 nitrogen and oxygen atoms in total. The summed E-state index contributed by atoms with van der Waals surface area (Å²) in [6, 6.07) is 0.551. The summed E-state index contributed by atoms with van der Waals surface area (Å²) in [6.07, 6.45) is 9.13. The molecule has 5 heteroatoms. The van der Waals surface area contributed by atoms with Crippen LogP contribution in [-0.2, 0) is 19.9 Å². The van der Waals surface area contributed by atoms with Crippen LogP contribution in [0, 0.1) is 5.92 Å². The largest absolute Gasteiger partial charge is 0.314 e. The van der Waals surface area contributed by atoms with E-state index in [1.165, 1.54) is 17.7 Å². The van der Waals surface area contributed by atoms with Gasteiger partial charge >= 0.3 is 0 Å². The van der Waals surface area contributed by atoms with Gasteiger partial charge in [0.15, 0.2) is 5.82 Å². The van der Waals surface area contributed by atoms with Gasteiger partial charge in [0.25, 0.3) is 0 Å². The van der Waals surface area contributed by atoms with Crippen molar-refractivity contribution >= 4 is 0 Å². The second-order valence-corrected chi connectivity index (χ2v) is 6.24. The topological polar surface area (TPSA) is 55.6 Å². The van der Waals surface area contributed by atoms with Crippen LogP contribution in [-0.4, -0.2) is 32.3 Å². The first kappa shape index (κ1) is 14.2. The maximum atomic E-state index is 4.74. The second-order valence-electron chi connectivity index (χ2n) is 6.24. The van der Waals surface area contributed by atoms with Crippen molar-refractivity contribution in [2.24, 2.45) is 13.0 Å². The average Bonchev–Trinajstić information content (AvgIpc) is 2.91. The molecule has 0 amide bonds. The molecule has 3 rings (SSSR count). The third-order valence-corrected chi connectivity index (χ3v) is 4.03. The number of aryl methyl sites for hydroxylation is 2. The molecular weight excluding hydrogens is 262 g/mol. The number of nitrogens with one attached hydrogen (secondary N) is 1. The van der Waals surface area contributed by atoms with Crippen LogP contribution in [0.15, 0.2) is 18.6 Å². The number of aromatic nitrogens is 4. The van der Waals surface area contributed by atoms with Gasteiger partial charge in [0.1, 0.15) is 0 Å². The fourth-order valence-electron chi connectivity index (χ4n) is 2.84. The SMILES string of the molecule is CC(C)NCC1CCc2nc(-c3cnn(C)c3)ncc2C1. The van der Waals surface area contributed by atoms with Crippen molar-refractivity contribution in [1.82, 2.24) is 25.1 Å². The van der Waals surface area contributed by atoms with Crippen LogP contribution in [0.2, 0.25) is 0 Å². The standard InChI is InChI=1S/C16H23N5/c1-11(2)17-7-12-4-5-15-13(6-12)8-18-16(20-15)14-9-19-21(3)10-14/h8-12,17H,4-7H2,1-3H3. The monoisotopic (exact) mass is 285 g/mol. The van der Waals surface area contributed by atoms with Crippen LogP contribution in [0.25, 0.3) is 11.4 Å². The molecule has 1 aliphatic rings. The van der Waals surface area contributed by atoms with E-state index in [-0.39, 0.29) is 0 Å². The molecule has 1 aliphatic carbocycles. The Kier molecular flexibility index (Phi) is 4.01. The predicted octanol–water partition coefficient (Wildman–Crippen LogP) is 1.98. The molecule has 1 unspecified atom stereocenters. The van der Waals surface area contributed by atoms with Gasteiger partial charge in [0.05, 0.1) is 11.8 Å². The Balaban J connectivity index is 1.73. The Morgan fingerprint density at radius 2 is 2.24 bits per heavy atom. The molecule has 1 atom stereocenters. The first-order chi connectivity index (χ1) is 10.1. The summed E-state index contributed by atoms with van der Waals surface area (Å²) in [6.45, 7) is 5.47. The third-order valence-electron chi connectivity index (χ3n) is 4.03. The van der Waals surface area contributed by atoms with Crippen LogP contribution in [0.5, 0.6) is 0 Å². The van der Waals surface area contributed by atoms with Gasteiger partial charge in [-0.1, -0.05) is 13.8 Å². The summed E-state index contributed by atoms with van der Waals surface area (Å²) in [5.41, 5.74) is 3.51. The lowest BCUT2D eigenvalue weighted by molar-refractivity contribution is 0.403. The van der Waals surface area contributed by atoms with Crippen LogP contribution in [0.3, 0.4) is 0 Å². The Morgan fingerprint density at radius 3 is 2.95 bits per heavy atom. The van der Waals surface area contributed by atoms with Crippen LogP contribution >= 0.6 is 0 Å². The highest BCUT2D eigenvalue weighted by atomic mass is 15.2. The van der Waals surface area contributed by atoms with E-state index in [0.29, 0.717) is 12.0 Å². The number of hydrogen-bond acceptors (Lipinski definition) is 4. The molecule has 2 aromatic rings. The fraction of sp³-hybridized carbons (Fsp3) is 0.562. The normalized spacial score (nSPS) is 18.0. The highest BCUT2D eigenvalue weighted by Gasteiger charge is 2.21. The summed E-state index contributed by atoms with van der Waals surface area (Å²) in [5.74, 6) is 1.49. The molecular formula is C16H23N5. The minimum absolute atomic E-state index is 0.551. The zero-order chi connectivity index (χ0) is 14.8. The van der Waals surface area contributed by atoms with Crippen molar-refractivity contribution < 1.29 is 0 Å². The van der Waals surface area contributed by atoms with E-state index in [9.17, 15) is 0 Å². The predicted molar refractivity (Wildman–Crippen MR) is 82.9 cm³/mol. The average molecular weight is 285 g/mol. The molecule has 0 spiro atoms. The first-order valence-corrected chi connectivity index (χ1v) is 7.69. The molecule has 0 saturated heterocycles. The summed E-state index contributed by atoms with van der Waals surface area (Å²) in [5, 5.41) is 7.72. The molecule has 112 valence electrons. The van der Waals surface area contributed by atoms with E-state index in [2.05, 4.69) is 29.2 Å². The van der Waals surface area contributed by atoms with Crippen LogP contribution in [0.1, 0.15) is 31.5 Å². The highest BCUT2D eigenvalue weighted by molar-refractivity contribution is 5.52. The lowest BCUT2D eigenvalue weighted by Gasteiger charge is -2.25. The fourth-order valence-corrected chi connectivity index (χ4v) is 2.84. The van der Waals surface area contributed by atoms with Gasteiger partial charge in [0, 0.05) is 31.2 Å². The molecule has 1 N–H and O–H groups in total. The number of rotatable bonds is 4. The van der Waals surface area contributed by atoms with Gasteiger partial charge in [-0.3, -0.25) is 4.68 Å². The van der Waals surface area contributed by atoms with Gasteiger partial charge in [-0.05, 0) is 37.3 Å². The third kappa shape index (κ3) is 3.29. The molecule has 0 aliphatic heterocycles. The van der Waals surface area contributed by atoms with Gasteiger partial charge in [-0.2, -0.15) is 5.10 Å². The summed E-state index contributed by atoms with van der Waals surface area (Å²) < 4.78 is 1.78. The van der Waals surface area contributed by atoms with Crippen molar-refractivity contribution in [2.45, 2.75) is 39.2 Å². The molecule has 2 aromatic heterocycles. The molecule has 2 heterocycles. The molecule has 0 saturated carbocycles. The molecule has 0 aromatic carbocycles. The number of fused-ring (bicyclic) bond motifs is 1. The minimum Gasteiger partial charge on any atom is -0.314 e. The molecule has 0 radical (unpaired) electrons. The minimum atomic E-state index is 0.551.